The highest BCUT2D eigenvalue weighted by Gasteiger charge is 2.08. The molecule has 1 heterocycles. The second-order valence-corrected chi connectivity index (χ2v) is 5.35. The van der Waals surface area contributed by atoms with Crippen molar-refractivity contribution in [3.8, 4) is 11.6 Å². The molecule has 106 valence electrons. The number of benzene rings is 1. The van der Waals surface area contributed by atoms with Gasteiger partial charge in [0.25, 0.3) is 0 Å². The van der Waals surface area contributed by atoms with Gasteiger partial charge in [0.1, 0.15) is 16.6 Å². The third-order valence-electron chi connectivity index (χ3n) is 2.55. The molecule has 1 aromatic heterocycles. The zero-order valence-electron chi connectivity index (χ0n) is 10.8. The number of aromatic nitrogens is 1. The van der Waals surface area contributed by atoms with Crippen molar-refractivity contribution in [2.75, 3.05) is 6.54 Å². The Kier molecular flexibility index (Phi) is 5.34. The van der Waals surface area contributed by atoms with Crippen LogP contribution in [0.5, 0.6) is 11.6 Å². The molecule has 1 N–H and O–H groups in total. The van der Waals surface area contributed by atoms with Gasteiger partial charge < -0.3 is 10.1 Å². The van der Waals surface area contributed by atoms with E-state index in [4.69, 9.17) is 16.3 Å². The Bertz CT molecular complexity index is 610. The lowest BCUT2D eigenvalue weighted by Crippen LogP contribution is -2.11. The Morgan fingerprint density at radius 1 is 1.40 bits per heavy atom. The topological polar surface area (TPSA) is 34.2 Å². The predicted octanol–water partition coefficient (Wildman–Crippen LogP) is 4.54. The molecule has 0 aliphatic heterocycles. The number of nitrogens with one attached hydrogen (secondary N) is 1. The first kappa shape index (κ1) is 15.2. The zero-order chi connectivity index (χ0) is 14.5. The fourth-order valence-electron chi connectivity index (χ4n) is 1.56. The van der Waals surface area contributed by atoms with Crippen LogP contribution in [-0.2, 0) is 6.54 Å². The number of nitrogens with zero attached hydrogens (tertiary/aromatic N) is 1. The van der Waals surface area contributed by atoms with Crippen LogP contribution in [0.2, 0.25) is 5.02 Å². The van der Waals surface area contributed by atoms with Gasteiger partial charge in [0.2, 0.25) is 5.88 Å². The molecular weight excluding hydrogens is 347 g/mol. The summed E-state index contributed by atoms with van der Waals surface area (Å²) in [6, 6.07) is 6.16. The van der Waals surface area contributed by atoms with Crippen LogP contribution in [0.1, 0.15) is 12.5 Å². The molecule has 0 fully saturated rings. The molecule has 20 heavy (non-hydrogen) atoms. The Morgan fingerprint density at radius 3 is 2.85 bits per heavy atom. The summed E-state index contributed by atoms with van der Waals surface area (Å²) in [7, 11) is 0. The molecule has 0 saturated carbocycles. The molecule has 6 heteroatoms. The monoisotopic (exact) mass is 358 g/mol. The minimum Gasteiger partial charge on any atom is -0.437 e. The smallest absolute Gasteiger partial charge is 0.238 e. The van der Waals surface area contributed by atoms with Crippen molar-refractivity contribution in [2.24, 2.45) is 0 Å². The van der Waals surface area contributed by atoms with E-state index < -0.39 is 0 Å². The summed E-state index contributed by atoms with van der Waals surface area (Å²) in [5.41, 5.74) is 0.976. The van der Waals surface area contributed by atoms with Crippen molar-refractivity contribution < 1.29 is 9.13 Å². The number of pyridine rings is 1. The quantitative estimate of drug-likeness (QED) is 0.851. The number of ether oxygens (including phenoxy) is 1. The van der Waals surface area contributed by atoms with E-state index in [0.29, 0.717) is 27.7 Å². The summed E-state index contributed by atoms with van der Waals surface area (Å²) in [4.78, 5) is 4.18. The minimum absolute atomic E-state index is 0.297. The highest BCUT2D eigenvalue weighted by atomic mass is 79.9. The molecule has 2 rings (SSSR count). The van der Waals surface area contributed by atoms with Crippen LogP contribution in [-0.4, -0.2) is 11.5 Å². The van der Waals surface area contributed by atoms with Gasteiger partial charge in [-0.1, -0.05) is 18.5 Å². The van der Waals surface area contributed by atoms with E-state index in [-0.39, 0.29) is 5.82 Å². The molecule has 0 bridgehead atoms. The molecule has 0 unspecified atom stereocenters. The molecule has 0 spiro atoms. The van der Waals surface area contributed by atoms with E-state index in [1.165, 1.54) is 18.2 Å². The SMILES string of the molecule is CCNCc1cnc(Oc2ccc(F)c(Br)c2)c(Cl)c1. The van der Waals surface area contributed by atoms with Crippen molar-refractivity contribution in [2.45, 2.75) is 13.5 Å². The standard InChI is InChI=1S/C14H13BrClFN2O/c1-2-18-7-9-5-12(16)14(19-8-9)20-10-3-4-13(17)11(15)6-10/h3-6,8,18H,2,7H2,1H3. The number of rotatable bonds is 5. The van der Waals surface area contributed by atoms with Gasteiger partial charge >= 0.3 is 0 Å². The summed E-state index contributed by atoms with van der Waals surface area (Å²) in [6.07, 6.45) is 1.70. The van der Waals surface area contributed by atoms with E-state index in [0.717, 1.165) is 12.1 Å². The average Bonchev–Trinajstić information content (AvgIpc) is 2.43. The van der Waals surface area contributed by atoms with Crippen LogP contribution < -0.4 is 10.1 Å². The van der Waals surface area contributed by atoms with Gasteiger partial charge in [0, 0.05) is 12.7 Å². The second-order valence-electron chi connectivity index (χ2n) is 4.09. The minimum atomic E-state index is -0.350. The Labute approximate surface area is 130 Å². The molecule has 2 aromatic rings. The van der Waals surface area contributed by atoms with E-state index in [1.807, 2.05) is 6.92 Å². The summed E-state index contributed by atoms with van der Waals surface area (Å²) < 4.78 is 19.0. The van der Waals surface area contributed by atoms with Crippen LogP contribution >= 0.6 is 27.5 Å². The fraction of sp³-hybridized carbons (Fsp3) is 0.214. The lowest BCUT2D eigenvalue weighted by atomic mass is 10.3. The van der Waals surface area contributed by atoms with Gasteiger partial charge in [-0.2, -0.15) is 0 Å². The maximum absolute atomic E-state index is 13.1. The predicted molar refractivity (Wildman–Crippen MR) is 80.8 cm³/mol. The largest absolute Gasteiger partial charge is 0.437 e. The fourth-order valence-corrected chi connectivity index (χ4v) is 2.14. The van der Waals surface area contributed by atoms with Crippen molar-refractivity contribution in [1.82, 2.24) is 10.3 Å². The van der Waals surface area contributed by atoms with Crippen LogP contribution in [0.15, 0.2) is 34.9 Å². The van der Waals surface area contributed by atoms with Crippen LogP contribution in [0.4, 0.5) is 4.39 Å². The molecule has 3 nitrogen and oxygen atoms in total. The maximum atomic E-state index is 13.1. The zero-order valence-corrected chi connectivity index (χ0v) is 13.1. The number of halogens is 3. The Balaban J connectivity index is 2.14. The summed E-state index contributed by atoms with van der Waals surface area (Å²) in [5, 5.41) is 3.60. The van der Waals surface area contributed by atoms with Crippen molar-refractivity contribution in [1.29, 1.82) is 0 Å². The van der Waals surface area contributed by atoms with Crippen molar-refractivity contribution in [3.63, 3.8) is 0 Å². The third-order valence-corrected chi connectivity index (χ3v) is 3.43. The summed E-state index contributed by atoms with van der Waals surface area (Å²) >= 11 is 9.23. The van der Waals surface area contributed by atoms with Gasteiger partial charge in [-0.05, 0) is 52.3 Å². The van der Waals surface area contributed by atoms with Crippen molar-refractivity contribution in [3.05, 3.63) is 51.3 Å². The molecule has 0 radical (unpaired) electrons. The van der Waals surface area contributed by atoms with Gasteiger partial charge in [-0.15, -0.1) is 0 Å². The maximum Gasteiger partial charge on any atom is 0.238 e. The molecule has 0 aliphatic carbocycles. The van der Waals surface area contributed by atoms with Crippen molar-refractivity contribution >= 4 is 27.5 Å². The Morgan fingerprint density at radius 2 is 2.20 bits per heavy atom. The normalized spacial score (nSPS) is 10.6. The summed E-state index contributed by atoms with van der Waals surface area (Å²) in [5.74, 6) is 0.412. The van der Waals surface area contributed by atoms with E-state index in [9.17, 15) is 4.39 Å². The molecule has 1 aromatic carbocycles. The molecular formula is C14H13BrClFN2O. The Hall–Kier alpha value is -1.17. The third kappa shape index (κ3) is 3.91. The van der Waals surface area contributed by atoms with Gasteiger partial charge in [0.15, 0.2) is 0 Å². The number of hydrogen-bond donors (Lipinski definition) is 1. The molecule has 0 aliphatic rings. The van der Waals surface area contributed by atoms with E-state index >= 15 is 0 Å². The lowest BCUT2D eigenvalue weighted by molar-refractivity contribution is 0.460. The lowest BCUT2D eigenvalue weighted by Gasteiger charge is -2.09. The molecule has 0 saturated heterocycles. The first-order valence-corrected chi connectivity index (χ1v) is 7.25. The summed E-state index contributed by atoms with van der Waals surface area (Å²) in [6.45, 7) is 3.60. The van der Waals surface area contributed by atoms with E-state index in [2.05, 4.69) is 26.2 Å². The average molecular weight is 360 g/mol. The van der Waals surface area contributed by atoms with Crippen LogP contribution in [0.3, 0.4) is 0 Å². The number of hydrogen-bond acceptors (Lipinski definition) is 3. The highest BCUT2D eigenvalue weighted by molar-refractivity contribution is 9.10. The van der Waals surface area contributed by atoms with Gasteiger partial charge in [0.05, 0.1) is 4.47 Å². The highest BCUT2D eigenvalue weighted by Crippen LogP contribution is 2.30. The molecule has 0 atom stereocenters. The van der Waals surface area contributed by atoms with Gasteiger partial charge in [-0.25, -0.2) is 9.37 Å². The van der Waals surface area contributed by atoms with Crippen LogP contribution in [0, 0.1) is 5.82 Å². The van der Waals surface area contributed by atoms with Crippen LogP contribution in [0.25, 0.3) is 0 Å². The second kappa shape index (κ2) is 7.02. The first-order valence-electron chi connectivity index (χ1n) is 6.08. The first-order chi connectivity index (χ1) is 9.60. The van der Waals surface area contributed by atoms with E-state index in [1.54, 1.807) is 12.3 Å². The van der Waals surface area contributed by atoms with Gasteiger partial charge in [-0.3, -0.25) is 0 Å². The molecule has 0 amide bonds.